The molecule has 0 aromatic rings. The van der Waals surface area contributed by atoms with Crippen LogP contribution >= 0.6 is 0 Å². The van der Waals surface area contributed by atoms with Crippen LogP contribution in [0.4, 0.5) is 0 Å². The van der Waals surface area contributed by atoms with E-state index in [-0.39, 0.29) is 17.7 Å². The van der Waals surface area contributed by atoms with Gasteiger partial charge < -0.3 is 0 Å². The lowest BCUT2D eigenvalue weighted by molar-refractivity contribution is -0.142. The molecule has 0 spiro atoms. The van der Waals surface area contributed by atoms with Crippen LogP contribution in [-0.4, -0.2) is 35.8 Å². The number of fused-ring (bicyclic) bond motifs is 1. The monoisotopic (exact) mass is 195 g/mol. The summed E-state index contributed by atoms with van der Waals surface area (Å²) in [5.41, 5.74) is 0. The van der Waals surface area contributed by atoms with Crippen molar-refractivity contribution in [2.75, 3.05) is 13.1 Å². The van der Waals surface area contributed by atoms with Gasteiger partial charge in [-0.25, -0.2) is 0 Å². The third-order valence-corrected chi connectivity index (χ3v) is 2.56. The predicted molar refractivity (Wildman–Crippen MR) is 50.5 cm³/mol. The highest BCUT2D eigenvalue weighted by molar-refractivity contribution is 6.18. The number of carbonyl (C=O) groups is 2. The first kappa shape index (κ1) is 9.18. The second-order valence-electron chi connectivity index (χ2n) is 3.91. The zero-order valence-electron chi connectivity index (χ0n) is 8.28. The van der Waals surface area contributed by atoms with Crippen LogP contribution in [0.3, 0.4) is 0 Å². The maximum atomic E-state index is 11.8. The largest absolute Gasteiger partial charge is 0.295 e. The summed E-state index contributed by atoms with van der Waals surface area (Å²) in [6.07, 6.45) is 0. The Balaban J connectivity index is 2.27. The molecule has 5 nitrogen and oxygen atoms in total. The van der Waals surface area contributed by atoms with Crippen molar-refractivity contribution in [3.63, 3.8) is 0 Å². The molecule has 2 rings (SSSR count). The number of nitrogens with zero attached hydrogens (tertiary/aromatic N) is 2. The maximum absolute atomic E-state index is 11.8. The predicted octanol–water partition coefficient (Wildman–Crippen LogP) is -0.413. The minimum atomic E-state index is -0.549. The van der Waals surface area contributed by atoms with Crippen LogP contribution < -0.4 is 5.32 Å². The average molecular weight is 195 g/mol. The fourth-order valence-corrected chi connectivity index (χ4v) is 1.82. The molecule has 0 bridgehead atoms. The van der Waals surface area contributed by atoms with Gasteiger partial charge in [0.1, 0.15) is 5.92 Å². The molecule has 76 valence electrons. The smallest absolute Gasteiger partial charge is 0.242 e. The van der Waals surface area contributed by atoms with Gasteiger partial charge in [-0.15, -0.1) is 0 Å². The summed E-state index contributed by atoms with van der Waals surface area (Å²) < 4.78 is 0. The van der Waals surface area contributed by atoms with E-state index in [0.717, 1.165) is 0 Å². The van der Waals surface area contributed by atoms with Crippen LogP contribution in [0.2, 0.25) is 0 Å². The third kappa shape index (κ3) is 1.20. The molecule has 0 radical (unpaired) electrons. The number of rotatable bonds is 1. The summed E-state index contributed by atoms with van der Waals surface area (Å²) in [5, 5.41) is 2.66. The molecule has 1 fully saturated rings. The van der Waals surface area contributed by atoms with E-state index in [1.54, 1.807) is 4.90 Å². The van der Waals surface area contributed by atoms with Crippen LogP contribution in [0.5, 0.6) is 0 Å². The Morgan fingerprint density at radius 1 is 1.50 bits per heavy atom. The van der Waals surface area contributed by atoms with Gasteiger partial charge in [-0.2, -0.15) is 0 Å². The topological polar surface area (TPSA) is 61.8 Å². The molecule has 1 atom stereocenters. The van der Waals surface area contributed by atoms with Crippen LogP contribution in [-0.2, 0) is 9.59 Å². The van der Waals surface area contributed by atoms with Gasteiger partial charge in [-0.05, 0) is 5.92 Å². The van der Waals surface area contributed by atoms with E-state index in [0.29, 0.717) is 19.0 Å². The Morgan fingerprint density at radius 2 is 2.21 bits per heavy atom. The van der Waals surface area contributed by atoms with Crippen molar-refractivity contribution in [1.29, 1.82) is 0 Å². The molecule has 2 aliphatic heterocycles. The summed E-state index contributed by atoms with van der Waals surface area (Å²) in [7, 11) is 0. The maximum Gasteiger partial charge on any atom is 0.242 e. The number of aliphatic imine (C=N–C) groups is 1. The lowest BCUT2D eigenvalue weighted by Gasteiger charge is -2.31. The lowest BCUT2D eigenvalue weighted by atomic mass is 9.92. The van der Waals surface area contributed by atoms with Crippen LogP contribution in [0.15, 0.2) is 4.99 Å². The third-order valence-electron chi connectivity index (χ3n) is 2.56. The molecular weight excluding hydrogens is 182 g/mol. The number of hydrogen-bond acceptors (Lipinski definition) is 3. The molecule has 1 unspecified atom stereocenters. The molecule has 2 amide bonds. The zero-order valence-corrected chi connectivity index (χ0v) is 8.28. The fraction of sp³-hybridized carbons (Fsp3) is 0.667. The normalized spacial score (nSPS) is 26.4. The molecule has 1 saturated heterocycles. The van der Waals surface area contributed by atoms with E-state index in [1.807, 2.05) is 13.8 Å². The first-order valence-electron chi connectivity index (χ1n) is 4.78. The van der Waals surface area contributed by atoms with Crippen LogP contribution in [0.25, 0.3) is 0 Å². The fourth-order valence-electron chi connectivity index (χ4n) is 1.82. The van der Waals surface area contributed by atoms with Gasteiger partial charge in [-0.1, -0.05) is 13.8 Å². The van der Waals surface area contributed by atoms with Crippen molar-refractivity contribution in [2.24, 2.45) is 16.8 Å². The summed E-state index contributed by atoms with van der Waals surface area (Å²) >= 11 is 0. The number of nitrogens with one attached hydrogen (secondary N) is 1. The summed E-state index contributed by atoms with van der Waals surface area (Å²) in [5.74, 6) is -0.421. The van der Waals surface area contributed by atoms with Crippen molar-refractivity contribution < 1.29 is 9.59 Å². The van der Waals surface area contributed by atoms with Crippen molar-refractivity contribution in [2.45, 2.75) is 13.8 Å². The van der Waals surface area contributed by atoms with E-state index in [1.165, 1.54) is 0 Å². The minimum Gasteiger partial charge on any atom is -0.295 e. The highest BCUT2D eigenvalue weighted by Crippen LogP contribution is 2.20. The Hall–Kier alpha value is -1.39. The van der Waals surface area contributed by atoms with Gasteiger partial charge in [0, 0.05) is 6.54 Å². The molecular formula is C9H13N3O2. The van der Waals surface area contributed by atoms with Gasteiger partial charge in [0.25, 0.3) is 0 Å². The van der Waals surface area contributed by atoms with E-state index in [9.17, 15) is 9.59 Å². The summed E-state index contributed by atoms with van der Waals surface area (Å²) in [4.78, 5) is 29.0. The molecule has 2 aliphatic rings. The Labute approximate surface area is 82.2 Å². The van der Waals surface area contributed by atoms with Gasteiger partial charge in [0.05, 0.1) is 6.54 Å². The van der Waals surface area contributed by atoms with E-state index in [2.05, 4.69) is 10.3 Å². The highest BCUT2D eigenvalue weighted by atomic mass is 16.2. The SMILES string of the molecule is CC(C)C1C(=O)NC2=NCCN2C1=O. The second-order valence-corrected chi connectivity index (χ2v) is 3.91. The van der Waals surface area contributed by atoms with Crippen molar-refractivity contribution >= 4 is 17.8 Å². The van der Waals surface area contributed by atoms with E-state index >= 15 is 0 Å². The molecule has 14 heavy (non-hydrogen) atoms. The van der Waals surface area contributed by atoms with Crippen molar-refractivity contribution in [3.8, 4) is 0 Å². The Kier molecular flexibility index (Phi) is 2.02. The van der Waals surface area contributed by atoms with E-state index < -0.39 is 5.92 Å². The molecule has 0 saturated carbocycles. The van der Waals surface area contributed by atoms with Crippen LogP contribution in [0, 0.1) is 11.8 Å². The minimum absolute atomic E-state index is 0.0321. The van der Waals surface area contributed by atoms with Gasteiger partial charge in [0.2, 0.25) is 17.8 Å². The number of amides is 2. The number of carbonyl (C=O) groups excluding carboxylic acids is 2. The van der Waals surface area contributed by atoms with Crippen molar-refractivity contribution in [1.82, 2.24) is 10.2 Å². The summed E-state index contributed by atoms with van der Waals surface area (Å²) in [6, 6.07) is 0. The zero-order chi connectivity index (χ0) is 10.3. The van der Waals surface area contributed by atoms with Crippen molar-refractivity contribution in [3.05, 3.63) is 0 Å². The average Bonchev–Trinajstić information content (AvgIpc) is 2.50. The summed E-state index contributed by atoms with van der Waals surface area (Å²) in [6.45, 7) is 4.94. The van der Waals surface area contributed by atoms with Gasteiger partial charge in [-0.3, -0.25) is 24.8 Å². The molecule has 0 aliphatic carbocycles. The standard InChI is InChI=1S/C9H13N3O2/c1-5(2)6-7(13)11-9-10-3-4-12(9)8(6)14/h5-6H,3-4H2,1-2H3,(H,10,11,13). The Bertz CT molecular complexity index is 322. The molecule has 5 heteroatoms. The first-order chi connectivity index (χ1) is 6.61. The van der Waals surface area contributed by atoms with Crippen LogP contribution in [0.1, 0.15) is 13.8 Å². The quantitative estimate of drug-likeness (QED) is 0.578. The second kappa shape index (κ2) is 3.08. The van der Waals surface area contributed by atoms with E-state index in [4.69, 9.17) is 0 Å². The molecule has 1 N–H and O–H groups in total. The molecule has 0 aromatic carbocycles. The Morgan fingerprint density at radius 3 is 2.86 bits per heavy atom. The molecule has 2 heterocycles. The highest BCUT2D eigenvalue weighted by Gasteiger charge is 2.41. The van der Waals surface area contributed by atoms with Gasteiger partial charge in [0.15, 0.2) is 0 Å². The first-order valence-corrected chi connectivity index (χ1v) is 4.78. The number of guanidine groups is 1. The number of hydrogen-bond donors (Lipinski definition) is 1. The van der Waals surface area contributed by atoms with Gasteiger partial charge >= 0.3 is 0 Å². The molecule has 0 aromatic heterocycles. The lowest BCUT2D eigenvalue weighted by Crippen LogP contribution is -2.58.